The molecule has 3 rings (SSSR count). The van der Waals surface area contributed by atoms with Crippen LogP contribution in [0.3, 0.4) is 0 Å². The number of rotatable bonds is 7. The third-order valence-corrected chi connectivity index (χ3v) is 4.28. The number of likely N-dealkylation sites (N-methyl/N-ethyl adjacent to an activating group) is 1. The molecule has 24 heavy (non-hydrogen) atoms. The summed E-state index contributed by atoms with van der Waals surface area (Å²) in [6.45, 7) is 2.65. The van der Waals surface area contributed by atoms with Gasteiger partial charge in [-0.2, -0.15) is 0 Å². The van der Waals surface area contributed by atoms with Crippen molar-refractivity contribution in [2.24, 2.45) is 0 Å². The number of nitrogens with one attached hydrogen (secondary N) is 2. The molecule has 7 nitrogen and oxygen atoms in total. The largest absolute Gasteiger partial charge is 0.454 e. The molecular weight excluding hydrogens is 310 g/mol. The van der Waals surface area contributed by atoms with E-state index in [2.05, 4.69) is 10.6 Å². The Labute approximate surface area is 141 Å². The first-order valence-corrected chi connectivity index (χ1v) is 8.19. The summed E-state index contributed by atoms with van der Waals surface area (Å²) in [5.41, 5.74) is 0.939. The fraction of sp³-hybridized carbons (Fsp3) is 0.529. The lowest BCUT2D eigenvalue weighted by Gasteiger charge is -2.23. The van der Waals surface area contributed by atoms with E-state index in [1.54, 1.807) is 18.9 Å². The van der Waals surface area contributed by atoms with Crippen LogP contribution in [0.25, 0.3) is 0 Å². The lowest BCUT2D eigenvalue weighted by Crippen LogP contribution is -2.47. The van der Waals surface area contributed by atoms with Crippen molar-refractivity contribution in [1.29, 1.82) is 0 Å². The molecule has 0 unspecified atom stereocenters. The fourth-order valence-electron chi connectivity index (χ4n) is 2.45. The molecule has 1 atom stereocenters. The lowest BCUT2D eigenvalue weighted by molar-refractivity contribution is -0.127. The van der Waals surface area contributed by atoms with E-state index >= 15 is 0 Å². The second-order valence-electron chi connectivity index (χ2n) is 6.34. The smallest absolute Gasteiger partial charge is 0.237 e. The minimum Gasteiger partial charge on any atom is -0.454 e. The maximum atomic E-state index is 12.3. The van der Waals surface area contributed by atoms with Crippen molar-refractivity contribution in [3.63, 3.8) is 0 Å². The van der Waals surface area contributed by atoms with Crippen LogP contribution in [0.5, 0.6) is 11.5 Å². The van der Waals surface area contributed by atoms with E-state index in [1.165, 1.54) is 0 Å². The van der Waals surface area contributed by atoms with Crippen molar-refractivity contribution in [2.75, 3.05) is 20.4 Å². The van der Waals surface area contributed by atoms with Gasteiger partial charge in [-0.1, -0.05) is 6.07 Å². The molecule has 1 aromatic carbocycles. The summed E-state index contributed by atoms with van der Waals surface area (Å²) in [5.74, 6) is 1.27. The standard InChI is InChI=1S/C17H23N3O4/c1-11(20(2)9-16(21)19-13-4-5-13)17(22)18-8-12-3-6-14-15(7-12)24-10-23-14/h3,6-7,11,13H,4-5,8-10H2,1-2H3,(H,18,22)(H,19,21)/t11-/m0/s1. The van der Waals surface area contributed by atoms with E-state index in [0.29, 0.717) is 18.3 Å². The molecule has 2 N–H and O–H groups in total. The van der Waals surface area contributed by atoms with Crippen LogP contribution in [0.2, 0.25) is 0 Å². The van der Waals surface area contributed by atoms with Gasteiger partial charge >= 0.3 is 0 Å². The predicted octanol–water partition coefficient (Wildman–Crippen LogP) is 0.630. The van der Waals surface area contributed by atoms with Crippen molar-refractivity contribution in [1.82, 2.24) is 15.5 Å². The Hall–Kier alpha value is -2.28. The van der Waals surface area contributed by atoms with Gasteiger partial charge in [0.05, 0.1) is 12.6 Å². The second kappa shape index (κ2) is 7.09. The number of carbonyl (C=O) groups excluding carboxylic acids is 2. The molecule has 0 aromatic heterocycles. The number of benzene rings is 1. The van der Waals surface area contributed by atoms with Crippen LogP contribution in [-0.2, 0) is 16.1 Å². The van der Waals surface area contributed by atoms with Crippen molar-refractivity contribution in [3.8, 4) is 11.5 Å². The third kappa shape index (κ3) is 4.17. The topological polar surface area (TPSA) is 79.9 Å². The Morgan fingerprint density at radius 3 is 2.79 bits per heavy atom. The van der Waals surface area contributed by atoms with Crippen molar-refractivity contribution < 1.29 is 19.1 Å². The summed E-state index contributed by atoms with van der Waals surface area (Å²) in [5, 5.41) is 5.81. The molecule has 2 amide bonds. The zero-order valence-electron chi connectivity index (χ0n) is 14.0. The van der Waals surface area contributed by atoms with Crippen LogP contribution in [-0.4, -0.2) is 49.2 Å². The summed E-state index contributed by atoms with van der Waals surface area (Å²) in [4.78, 5) is 25.8. The van der Waals surface area contributed by atoms with Gasteiger partial charge in [0.1, 0.15) is 0 Å². The number of hydrogen-bond acceptors (Lipinski definition) is 5. The van der Waals surface area contributed by atoms with Gasteiger partial charge in [-0.05, 0) is 44.5 Å². The van der Waals surface area contributed by atoms with Crippen LogP contribution in [0.4, 0.5) is 0 Å². The van der Waals surface area contributed by atoms with E-state index in [0.717, 1.165) is 24.2 Å². The van der Waals surface area contributed by atoms with Crippen molar-refractivity contribution in [3.05, 3.63) is 23.8 Å². The number of fused-ring (bicyclic) bond motifs is 1. The molecule has 7 heteroatoms. The highest BCUT2D eigenvalue weighted by molar-refractivity contribution is 5.83. The quantitative estimate of drug-likeness (QED) is 0.765. The van der Waals surface area contributed by atoms with E-state index in [9.17, 15) is 9.59 Å². The zero-order valence-corrected chi connectivity index (χ0v) is 14.0. The molecule has 2 aliphatic rings. The Morgan fingerprint density at radius 1 is 1.29 bits per heavy atom. The molecule has 1 heterocycles. The molecule has 0 saturated heterocycles. The second-order valence-corrected chi connectivity index (χ2v) is 6.34. The maximum absolute atomic E-state index is 12.3. The first-order chi connectivity index (χ1) is 11.5. The third-order valence-electron chi connectivity index (χ3n) is 4.28. The predicted molar refractivity (Wildman–Crippen MR) is 87.7 cm³/mol. The molecule has 0 bridgehead atoms. The van der Waals surface area contributed by atoms with Gasteiger partial charge in [-0.25, -0.2) is 0 Å². The van der Waals surface area contributed by atoms with E-state index in [1.807, 2.05) is 18.2 Å². The van der Waals surface area contributed by atoms with Gasteiger partial charge in [0, 0.05) is 12.6 Å². The van der Waals surface area contributed by atoms with Gasteiger partial charge in [-0.3, -0.25) is 14.5 Å². The molecule has 1 saturated carbocycles. The van der Waals surface area contributed by atoms with Gasteiger partial charge in [0.15, 0.2) is 11.5 Å². The molecule has 1 aliphatic carbocycles. The number of nitrogens with zero attached hydrogens (tertiary/aromatic N) is 1. The normalized spacial score (nSPS) is 16.8. The Morgan fingerprint density at radius 2 is 2.04 bits per heavy atom. The summed E-state index contributed by atoms with van der Waals surface area (Å²) in [6, 6.07) is 5.54. The van der Waals surface area contributed by atoms with Crippen LogP contribution in [0.15, 0.2) is 18.2 Å². The zero-order chi connectivity index (χ0) is 17.1. The molecule has 0 spiro atoms. The number of carbonyl (C=O) groups is 2. The molecular formula is C17H23N3O4. The van der Waals surface area contributed by atoms with Crippen LogP contribution < -0.4 is 20.1 Å². The lowest BCUT2D eigenvalue weighted by atomic mass is 10.2. The Kier molecular flexibility index (Phi) is 4.89. The summed E-state index contributed by atoms with van der Waals surface area (Å²) in [6.07, 6.45) is 2.11. The average molecular weight is 333 g/mol. The molecule has 1 fully saturated rings. The monoisotopic (exact) mass is 333 g/mol. The van der Waals surface area contributed by atoms with Crippen molar-refractivity contribution >= 4 is 11.8 Å². The van der Waals surface area contributed by atoms with Gasteiger partial charge in [0.2, 0.25) is 18.6 Å². The Bertz CT molecular complexity index is 630. The first-order valence-electron chi connectivity index (χ1n) is 8.19. The van der Waals surface area contributed by atoms with E-state index in [4.69, 9.17) is 9.47 Å². The average Bonchev–Trinajstić information content (AvgIpc) is 3.24. The highest BCUT2D eigenvalue weighted by atomic mass is 16.7. The molecule has 0 radical (unpaired) electrons. The van der Waals surface area contributed by atoms with Gasteiger partial charge < -0.3 is 20.1 Å². The van der Waals surface area contributed by atoms with Crippen LogP contribution in [0.1, 0.15) is 25.3 Å². The maximum Gasteiger partial charge on any atom is 0.237 e. The summed E-state index contributed by atoms with van der Waals surface area (Å²) >= 11 is 0. The fourth-order valence-corrected chi connectivity index (χ4v) is 2.45. The van der Waals surface area contributed by atoms with Crippen LogP contribution >= 0.6 is 0 Å². The number of ether oxygens (including phenoxy) is 2. The van der Waals surface area contributed by atoms with Crippen molar-refractivity contribution in [2.45, 2.75) is 38.4 Å². The molecule has 1 aromatic rings. The minimum atomic E-state index is -0.385. The molecule has 130 valence electrons. The minimum absolute atomic E-state index is 0.0320. The molecule has 1 aliphatic heterocycles. The number of amides is 2. The van der Waals surface area contributed by atoms with Gasteiger partial charge in [-0.15, -0.1) is 0 Å². The Balaban J connectivity index is 1.45. The summed E-state index contributed by atoms with van der Waals surface area (Å²) in [7, 11) is 1.78. The van der Waals surface area contributed by atoms with E-state index in [-0.39, 0.29) is 31.2 Å². The number of hydrogen-bond donors (Lipinski definition) is 2. The SMILES string of the molecule is C[C@@H](C(=O)NCc1ccc2c(c1)OCO2)N(C)CC(=O)NC1CC1. The van der Waals surface area contributed by atoms with Gasteiger partial charge in [0.25, 0.3) is 0 Å². The highest BCUT2D eigenvalue weighted by Crippen LogP contribution is 2.32. The first kappa shape index (κ1) is 16.6. The van der Waals surface area contributed by atoms with Crippen LogP contribution in [0, 0.1) is 0 Å². The summed E-state index contributed by atoms with van der Waals surface area (Å²) < 4.78 is 10.6. The van der Waals surface area contributed by atoms with E-state index < -0.39 is 0 Å². The highest BCUT2D eigenvalue weighted by Gasteiger charge is 2.25.